The topological polar surface area (TPSA) is 95.9 Å². The summed E-state index contributed by atoms with van der Waals surface area (Å²) in [7, 11) is 0. The number of esters is 1. The normalized spacial score (nSPS) is 12.6. The number of hydrogen-bond donors (Lipinski definition) is 3. The molecule has 0 aliphatic heterocycles. The van der Waals surface area contributed by atoms with Crippen LogP contribution in [0.1, 0.15) is 457 Å². The maximum absolute atomic E-state index is 12.5. The smallest absolute Gasteiger partial charge is 0.305 e. The minimum absolute atomic E-state index is 0.0247. The van der Waals surface area contributed by atoms with Crippen LogP contribution in [-0.4, -0.2) is 47.4 Å². The van der Waals surface area contributed by atoms with E-state index in [0.717, 1.165) is 44.9 Å². The summed E-state index contributed by atoms with van der Waals surface area (Å²) in [6.07, 6.45) is 98.5. The SMILES string of the molecule is CCCCCCCCCCCCCCCCCCC(=O)OCCCCCCCCCCCCCCCCC/C=C\C/C=C\CCCCCCCCCCCCCCCCCCCC(=O)NC(CO)C(O)CCCCCCCCCCCCCCCCC. The Kier molecular flexibility index (Phi) is 75.3. The van der Waals surface area contributed by atoms with Crippen LogP contribution in [0.25, 0.3) is 0 Å². The summed E-state index contributed by atoms with van der Waals surface area (Å²) >= 11 is 0. The minimum atomic E-state index is -0.662. The molecule has 0 spiro atoms. The fourth-order valence-corrected chi connectivity index (χ4v) is 12.9. The Morgan fingerprint density at radius 3 is 0.874 bits per heavy atom. The molecule has 0 bridgehead atoms. The fourth-order valence-electron chi connectivity index (χ4n) is 12.9. The molecule has 0 aromatic rings. The maximum atomic E-state index is 12.5. The van der Waals surface area contributed by atoms with Gasteiger partial charge in [0.05, 0.1) is 25.4 Å². The van der Waals surface area contributed by atoms with Crippen molar-refractivity contribution in [2.45, 2.75) is 469 Å². The summed E-state index contributed by atoms with van der Waals surface area (Å²) < 4.78 is 5.51. The Morgan fingerprint density at radius 2 is 0.575 bits per heavy atom. The van der Waals surface area contributed by atoms with Gasteiger partial charge in [-0.2, -0.15) is 0 Å². The molecular weight excluding hydrogens is 1070 g/mol. The zero-order chi connectivity index (χ0) is 62.8. The van der Waals surface area contributed by atoms with Crippen LogP contribution in [0.5, 0.6) is 0 Å². The molecule has 0 radical (unpaired) electrons. The molecule has 0 saturated carbocycles. The number of hydrogen-bond acceptors (Lipinski definition) is 5. The number of carbonyl (C=O) groups is 2. The van der Waals surface area contributed by atoms with Gasteiger partial charge in [0.15, 0.2) is 0 Å². The van der Waals surface area contributed by atoms with Crippen molar-refractivity contribution in [2.24, 2.45) is 0 Å². The number of rotatable bonds is 76. The van der Waals surface area contributed by atoms with E-state index in [4.69, 9.17) is 4.74 Å². The molecule has 516 valence electrons. The van der Waals surface area contributed by atoms with Gasteiger partial charge in [0.25, 0.3) is 0 Å². The average Bonchev–Trinajstić information content (AvgIpc) is 3.56. The second kappa shape index (κ2) is 76.8. The summed E-state index contributed by atoms with van der Waals surface area (Å²) in [4.78, 5) is 24.6. The fraction of sp³-hybridized carbons (Fsp3) is 0.926. The third-order valence-corrected chi connectivity index (χ3v) is 19.0. The molecule has 2 unspecified atom stereocenters. The van der Waals surface area contributed by atoms with Gasteiger partial charge in [0.2, 0.25) is 5.91 Å². The Bertz CT molecular complexity index is 1360. The van der Waals surface area contributed by atoms with Crippen molar-refractivity contribution in [2.75, 3.05) is 13.2 Å². The van der Waals surface area contributed by atoms with Gasteiger partial charge in [-0.1, -0.05) is 411 Å². The molecule has 6 heteroatoms. The molecule has 0 fully saturated rings. The monoisotopic (exact) mass is 1220 g/mol. The first kappa shape index (κ1) is 85.3. The summed E-state index contributed by atoms with van der Waals surface area (Å²) in [5.41, 5.74) is 0. The lowest BCUT2D eigenvalue weighted by Crippen LogP contribution is -2.45. The molecule has 87 heavy (non-hydrogen) atoms. The van der Waals surface area contributed by atoms with Crippen molar-refractivity contribution < 1.29 is 24.5 Å². The van der Waals surface area contributed by atoms with Gasteiger partial charge in [-0.3, -0.25) is 9.59 Å². The first-order chi connectivity index (χ1) is 43.0. The van der Waals surface area contributed by atoms with E-state index in [9.17, 15) is 19.8 Å². The zero-order valence-corrected chi connectivity index (χ0v) is 59.3. The number of ether oxygens (including phenoxy) is 1. The molecule has 0 aliphatic rings. The summed E-state index contributed by atoms with van der Waals surface area (Å²) in [6.45, 7) is 5.00. The Labute approximate surface area is 545 Å². The highest BCUT2D eigenvalue weighted by Gasteiger charge is 2.20. The Hall–Kier alpha value is -1.66. The Morgan fingerprint density at radius 1 is 0.322 bits per heavy atom. The van der Waals surface area contributed by atoms with E-state index in [1.54, 1.807) is 0 Å². The quantitative estimate of drug-likeness (QED) is 0.0320. The molecule has 0 heterocycles. The van der Waals surface area contributed by atoms with Crippen molar-refractivity contribution >= 4 is 11.9 Å². The number of carbonyl (C=O) groups excluding carboxylic acids is 2. The second-order valence-electron chi connectivity index (χ2n) is 27.8. The summed E-state index contributed by atoms with van der Waals surface area (Å²) in [5, 5.41) is 23.4. The predicted octanol–water partition coefficient (Wildman–Crippen LogP) is 26.4. The first-order valence-corrected chi connectivity index (χ1v) is 40.1. The van der Waals surface area contributed by atoms with Crippen LogP contribution in [0.4, 0.5) is 0 Å². The molecule has 0 aromatic heterocycles. The summed E-state index contributed by atoms with van der Waals surface area (Å²) in [6, 6.07) is -0.539. The maximum Gasteiger partial charge on any atom is 0.305 e. The molecule has 0 rings (SSSR count). The molecule has 6 nitrogen and oxygen atoms in total. The standard InChI is InChI=1S/C81H157NO5/c1-3-5-7-9-11-13-15-17-19-47-51-55-59-63-67-71-75-81(86)87-76-72-68-64-60-56-52-48-44-42-40-38-36-34-32-30-28-26-24-22-20-21-23-25-27-29-31-33-35-37-39-41-43-46-50-54-58-62-66-70-74-80(85)82-78(77-83)79(84)73-69-65-61-57-53-49-45-18-16-14-12-10-8-6-4-2/h20-21,24,26,78-79,83-84H,3-19,22-23,25,27-77H2,1-2H3,(H,82,85)/b21-20-,26-24-. The molecule has 2 atom stereocenters. The van der Waals surface area contributed by atoms with E-state index in [2.05, 4.69) is 43.5 Å². The van der Waals surface area contributed by atoms with Gasteiger partial charge in [-0.05, 0) is 57.8 Å². The van der Waals surface area contributed by atoms with Crippen LogP contribution in [0.3, 0.4) is 0 Å². The van der Waals surface area contributed by atoms with Gasteiger partial charge in [-0.15, -0.1) is 0 Å². The van der Waals surface area contributed by atoms with Gasteiger partial charge in [0, 0.05) is 12.8 Å². The third-order valence-electron chi connectivity index (χ3n) is 19.0. The van der Waals surface area contributed by atoms with Gasteiger partial charge < -0.3 is 20.3 Å². The summed E-state index contributed by atoms with van der Waals surface area (Å²) in [5.74, 6) is -0.00359. The van der Waals surface area contributed by atoms with Crippen LogP contribution < -0.4 is 5.32 Å². The molecule has 0 aliphatic carbocycles. The van der Waals surface area contributed by atoms with E-state index in [1.165, 1.54) is 379 Å². The number of aliphatic hydroxyl groups excluding tert-OH is 2. The highest BCUT2D eigenvalue weighted by molar-refractivity contribution is 5.76. The highest BCUT2D eigenvalue weighted by atomic mass is 16.5. The van der Waals surface area contributed by atoms with Crippen LogP contribution in [0.15, 0.2) is 24.3 Å². The number of nitrogens with one attached hydrogen (secondary N) is 1. The van der Waals surface area contributed by atoms with E-state index in [-0.39, 0.29) is 18.5 Å². The molecule has 0 saturated heterocycles. The molecule has 1 amide bonds. The van der Waals surface area contributed by atoms with Gasteiger partial charge in [-0.25, -0.2) is 0 Å². The van der Waals surface area contributed by atoms with Crippen LogP contribution in [-0.2, 0) is 14.3 Å². The van der Waals surface area contributed by atoms with Crippen LogP contribution in [0, 0.1) is 0 Å². The molecule has 3 N–H and O–H groups in total. The van der Waals surface area contributed by atoms with Crippen LogP contribution >= 0.6 is 0 Å². The largest absolute Gasteiger partial charge is 0.466 e. The van der Waals surface area contributed by atoms with E-state index < -0.39 is 12.1 Å². The van der Waals surface area contributed by atoms with E-state index in [0.29, 0.717) is 25.9 Å². The number of allylic oxidation sites excluding steroid dienone is 4. The Balaban J connectivity index is 3.33. The third kappa shape index (κ3) is 73.3. The number of aliphatic hydroxyl groups is 2. The van der Waals surface area contributed by atoms with Crippen molar-refractivity contribution in [3.05, 3.63) is 24.3 Å². The second-order valence-corrected chi connectivity index (χ2v) is 27.8. The van der Waals surface area contributed by atoms with E-state index >= 15 is 0 Å². The lowest BCUT2D eigenvalue weighted by atomic mass is 10.0. The minimum Gasteiger partial charge on any atom is -0.466 e. The lowest BCUT2D eigenvalue weighted by Gasteiger charge is -2.22. The molecule has 0 aromatic carbocycles. The average molecular weight is 1230 g/mol. The van der Waals surface area contributed by atoms with Gasteiger partial charge >= 0.3 is 5.97 Å². The van der Waals surface area contributed by atoms with E-state index in [1.807, 2.05) is 0 Å². The van der Waals surface area contributed by atoms with Crippen LogP contribution in [0.2, 0.25) is 0 Å². The van der Waals surface area contributed by atoms with Crippen molar-refractivity contribution in [1.29, 1.82) is 0 Å². The van der Waals surface area contributed by atoms with Crippen molar-refractivity contribution in [3.63, 3.8) is 0 Å². The zero-order valence-electron chi connectivity index (χ0n) is 59.3. The number of unbranched alkanes of at least 4 members (excludes halogenated alkanes) is 61. The highest BCUT2D eigenvalue weighted by Crippen LogP contribution is 2.20. The molecular formula is C81H157NO5. The van der Waals surface area contributed by atoms with Gasteiger partial charge in [0.1, 0.15) is 0 Å². The number of amides is 1. The lowest BCUT2D eigenvalue weighted by molar-refractivity contribution is -0.143. The first-order valence-electron chi connectivity index (χ1n) is 40.1. The predicted molar refractivity (Wildman–Crippen MR) is 384 cm³/mol. The van der Waals surface area contributed by atoms with Crippen molar-refractivity contribution in [3.8, 4) is 0 Å². The van der Waals surface area contributed by atoms with Crippen molar-refractivity contribution in [1.82, 2.24) is 5.32 Å².